The number of nitrogens with one attached hydrogen (secondary N) is 2. The van der Waals surface area contributed by atoms with Crippen LogP contribution < -0.4 is 10.6 Å². The van der Waals surface area contributed by atoms with Gasteiger partial charge in [0.25, 0.3) is 0 Å². The second-order valence-corrected chi connectivity index (χ2v) is 5.44. The quantitative estimate of drug-likeness (QED) is 0.658. The number of carbonyl (C=O) groups is 3. The van der Waals surface area contributed by atoms with Crippen molar-refractivity contribution in [3.05, 3.63) is 0 Å². The molecule has 1 aliphatic heterocycles. The normalized spacial score (nSPS) is 16.1. The average molecular weight is 285 g/mol. The smallest absolute Gasteiger partial charge is 0.326 e. The van der Waals surface area contributed by atoms with Crippen LogP contribution in [0.3, 0.4) is 0 Å². The van der Waals surface area contributed by atoms with Crippen molar-refractivity contribution in [2.75, 3.05) is 19.6 Å². The van der Waals surface area contributed by atoms with Crippen LogP contribution in [-0.2, 0) is 9.59 Å². The molecule has 1 aliphatic rings. The zero-order chi connectivity index (χ0) is 15.1. The maximum Gasteiger partial charge on any atom is 0.326 e. The molecular weight excluding hydrogens is 262 g/mol. The van der Waals surface area contributed by atoms with Crippen LogP contribution in [-0.4, -0.2) is 53.6 Å². The standard InChI is InChI=1S/C13H23N3O4/c1-9(2)7-10(12(18)19)15-13(20)14-8-11(17)16-5-3-4-6-16/h9-10H,3-8H2,1-2H3,(H,18,19)(H2,14,15,20). The number of hydrogen-bond acceptors (Lipinski definition) is 3. The fourth-order valence-corrected chi connectivity index (χ4v) is 2.14. The summed E-state index contributed by atoms with van der Waals surface area (Å²) in [6.07, 6.45) is 2.34. The first kappa shape index (κ1) is 16.3. The molecule has 20 heavy (non-hydrogen) atoms. The molecule has 1 unspecified atom stereocenters. The molecule has 3 amide bonds. The molecule has 0 bridgehead atoms. The van der Waals surface area contributed by atoms with Crippen LogP contribution in [0.5, 0.6) is 0 Å². The lowest BCUT2D eigenvalue weighted by Crippen LogP contribution is -2.49. The van der Waals surface area contributed by atoms with E-state index < -0.39 is 18.0 Å². The molecule has 0 aromatic heterocycles. The summed E-state index contributed by atoms with van der Waals surface area (Å²) in [5, 5.41) is 13.8. The molecule has 1 rings (SSSR count). The fraction of sp³-hybridized carbons (Fsp3) is 0.769. The highest BCUT2D eigenvalue weighted by molar-refractivity contribution is 5.86. The SMILES string of the molecule is CC(C)CC(NC(=O)NCC(=O)N1CCCC1)C(=O)O. The largest absolute Gasteiger partial charge is 0.480 e. The van der Waals surface area contributed by atoms with Gasteiger partial charge in [-0.15, -0.1) is 0 Å². The van der Waals surface area contributed by atoms with Gasteiger partial charge in [0.05, 0.1) is 6.54 Å². The molecule has 7 nitrogen and oxygen atoms in total. The number of carbonyl (C=O) groups excluding carboxylic acids is 2. The molecule has 3 N–H and O–H groups in total. The Labute approximate surface area is 118 Å². The van der Waals surface area contributed by atoms with Gasteiger partial charge in [-0.05, 0) is 25.2 Å². The van der Waals surface area contributed by atoms with Gasteiger partial charge in [-0.3, -0.25) is 4.79 Å². The van der Waals surface area contributed by atoms with Crippen molar-refractivity contribution in [2.24, 2.45) is 5.92 Å². The molecular formula is C13H23N3O4. The van der Waals surface area contributed by atoms with Crippen LogP contribution in [0.15, 0.2) is 0 Å². The molecule has 1 fully saturated rings. The van der Waals surface area contributed by atoms with Gasteiger partial charge in [-0.25, -0.2) is 9.59 Å². The number of aliphatic carboxylic acids is 1. The number of carboxylic acids is 1. The lowest BCUT2D eigenvalue weighted by Gasteiger charge is -2.18. The fourth-order valence-electron chi connectivity index (χ4n) is 2.14. The number of carboxylic acid groups (broad SMARTS) is 1. The summed E-state index contributed by atoms with van der Waals surface area (Å²) in [6, 6.07) is -1.55. The van der Waals surface area contributed by atoms with Crippen molar-refractivity contribution in [1.29, 1.82) is 0 Å². The predicted molar refractivity (Wildman–Crippen MR) is 73.2 cm³/mol. The highest BCUT2D eigenvalue weighted by atomic mass is 16.4. The first-order valence-corrected chi connectivity index (χ1v) is 6.95. The Morgan fingerprint density at radius 1 is 1.20 bits per heavy atom. The molecule has 1 heterocycles. The van der Waals surface area contributed by atoms with Gasteiger partial charge in [0, 0.05) is 13.1 Å². The molecule has 0 aromatic carbocycles. The van der Waals surface area contributed by atoms with Crippen molar-refractivity contribution in [3.8, 4) is 0 Å². The average Bonchev–Trinajstić information content (AvgIpc) is 2.88. The third kappa shape index (κ3) is 5.46. The van der Waals surface area contributed by atoms with Gasteiger partial charge in [-0.2, -0.15) is 0 Å². The molecule has 1 atom stereocenters. The summed E-state index contributed by atoms with van der Waals surface area (Å²) >= 11 is 0. The first-order chi connectivity index (χ1) is 9.40. The highest BCUT2D eigenvalue weighted by Crippen LogP contribution is 2.07. The maximum atomic E-state index is 11.7. The van der Waals surface area contributed by atoms with Crippen LogP contribution in [0.1, 0.15) is 33.1 Å². The predicted octanol–water partition coefficient (Wildman–Crippen LogP) is 0.407. The zero-order valence-electron chi connectivity index (χ0n) is 12.0. The minimum absolute atomic E-state index is 0.0974. The summed E-state index contributed by atoms with van der Waals surface area (Å²) in [5.41, 5.74) is 0. The number of likely N-dealkylation sites (tertiary alicyclic amines) is 1. The Balaban J connectivity index is 2.33. The summed E-state index contributed by atoms with van der Waals surface area (Å²) in [4.78, 5) is 36.0. The number of rotatable bonds is 6. The van der Waals surface area contributed by atoms with E-state index in [1.165, 1.54) is 0 Å². The topological polar surface area (TPSA) is 98.7 Å². The zero-order valence-corrected chi connectivity index (χ0v) is 12.0. The Morgan fingerprint density at radius 3 is 2.30 bits per heavy atom. The highest BCUT2D eigenvalue weighted by Gasteiger charge is 2.22. The van der Waals surface area contributed by atoms with E-state index >= 15 is 0 Å². The lowest BCUT2D eigenvalue weighted by atomic mass is 10.0. The second kappa shape index (κ2) is 7.72. The number of urea groups is 1. The molecule has 1 saturated heterocycles. The van der Waals surface area contributed by atoms with E-state index in [-0.39, 0.29) is 18.4 Å². The molecule has 114 valence electrons. The maximum absolute atomic E-state index is 11.7. The van der Waals surface area contributed by atoms with Gasteiger partial charge in [-0.1, -0.05) is 13.8 Å². The van der Waals surface area contributed by atoms with E-state index in [1.807, 2.05) is 13.8 Å². The van der Waals surface area contributed by atoms with Gasteiger partial charge in [0.2, 0.25) is 5.91 Å². The third-order valence-corrected chi connectivity index (χ3v) is 3.17. The van der Waals surface area contributed by atoms with E-state index in [9.17, 15) is 14.4 Å². The van der Waals surface area contributed by atoms with E-state index in [0.29, 0.717) is 6.42 Å². The van der Waals surface area contributed by atoms with Gasteiger partial charge in [0.1, 0.15) is 6.04 Å². The monoisotopic (exact) mass is 285 g/mol. The van der Waals surface area contributed by atoms with Gasteiger partial charge in [0.15, 0.2) is 0 Å². The van der Waals surface area contributed by atoms with Gasteiger partial charge >= 0.3 is 12.0 Å². The summed E-state index contributed by atoms with van der Waals surface area (Å²) < 4.78 is 0. The van der Waals surface area contributed by atoms with E-state index in [1.54, 1.807) is 4.90 Å². The molecule has 0 radical (unpaired) electrons. The molecule has 0 saturated carbocycles. The number of nitrogens with zero attached hydrogens (tertiary/aromatic N) is 1. The van der Waals surface area contributed by atoms with Crippen molar-refractivity contribution >= 4 is 17.9 Å². The van der Waals surface area contributed by atoms with Crippen LogP contribution in [0.25, 0.3) is 0 Å². The van der Waals surface area contributed by atoms with Crippen LogP contribution in [0.2, 0.25) is 0 Å². The number of amides is 3. The molecule has 0 aliphatic carbocycles. The Kier molecular flexibility index (Phi) is 6.27. The van der Waals surface area contributed by atoms with Crippen LogP contribution in [0, 0.1) is 5.92 Å². The summed E-state index contributed by atoms with van der Waals surface area (Å²) in [6.45, 7) is 5.12. The summed E-state index contributed by atoms with van der Waals surface area (Å²) in [5.74, 6) is -1.05. The first-order valence-electron chi connectivity index (χ1n) is 6.95. The minimum Gasteiger partial charge on any atom is -0.480 e. The van der Waals surface area contributed by atoms with E-state index in [4.69, 9.17) is 5.11 Å². The summed E-state index contributed by atoms with van der Waals surface area (Å²) in [7, 11) is 0. The van der Waals surface area contributed by atoms with Crippen LogP contribution >= 0.6 is 0 Å². The van der Waals surface area contributed by atoms with E-state index in [0.717, 1.165) is 25.9 Å². The molecule has 7 heteroatoms. The molecule has 0 spiro atoms. The van der Waals surface area contributed by atoms with Crippen molar-refractivity contribution < 1.29 is 19.5 Å². The Hall–Kier alpha value is -1.79. The van der Waals surface area contributed by atoms with Crippen molar-refractivity contribution in [1.82, 2.24) is 15.5 Å². The molecule has 0 aromatic rings. The van der Waals surface area contributed by atoms with Crippen molar-refractivity contribution in [2.45, 2.75) is 39.2 Å². The third-order valence-electron chi connectivity index (χ3n) is 3.17. The van der Waals surface area contributed by atoms with Crippen molar-refractivity contribution in [3.63, 3.8) is 0 Å². The minimum atomic E-state index is -1.07. The Bertz CT molecular complexity index is 365. The Morgan fingerprint density at radius 2 is 1.80 bits per heavy atom. The lowest BCUT2D eigenvalue weighted by molar-refractivity contribution is -0.139. The van der Waals surface area contributed by atoms with Gasteiger partial charge < -0.3 is 20.6 Å². The van der Waals surface area contributed by atoms with E-state index in [2.05, 4.69) is 10.6 Å². The second-order valence-electron chi connectivity index (χ2n) is 5.44. The number of hydrogen-bond donors (Lipinski definition) is 3. The van der Waals surface area contributed by atoms with Crippen LogP contribution in [0.4, 0.5) is 4.79 Å².